The number of hydrogen-bond donors (Lipinski definition) is 3. The second-order valence-electron chi connectivity index (χ2n) is 18.3. The Morgan fingerprint density at radius 2 is 1.84 bits per heavy atom. The smallest absolute Gasteiger partial charge is 0.248 e. The highest BCUT2D eigenvalue weighted by Crippen LogP contribution is 2.41. The number of rotatable bonds is 19. The zero-order valence-corrected chi connectivity index (χ0v) is 38.6. The summed E-state index contributed by atoms with van der Waals surface area (Å²) in [5.41, 5.74) is 4.56. The molecule has 2 aromatic heterocycles. The van der Waals surface area contributed by atoms with Crippen LogP contribution >= 0.6 is 0 Å². The Morgan fingerprint density at radius 1 is 1.07 bits per heavy atom. The Labute approximate surface area is 363 Å². The third kappa shape index (κ3) is 12.5. The van der Waals surface area contributed by atoms with E-state index in [-0.39, 0.29) is 34.0 Å². The number of ether oxygens (including phenoxy) is 2. The zero-order valence-electron chi connectivity index (χ0n) is 37.6. The van der Waals surface area contributed by atoms with Gasteiger partial charge < -0.3 is 44.0 Å². The van der Waals surface area contributed by atoms with E-state index in [1.165, 1.54) is 17.2 Å². The highest BCUT2D eigenvalue weighted by Gasteiger charge is 2.41. The highest BCUT2D eigenvalue weighted by atomic mass is 28.4. The van der Waals surface area contributed by atoms with Crippen LogP contribution in [-0.2, 0) is 38.0 Å². The van der Waals surface area contributed by atoms with Crippen molar-refractivity contribution in [2.45, 2.75) is 96.1 Å². The van der Waals surface area contributed by atoms with Crippen molar-refractivity contribution in [3.63, 3.8) is 0 Å². The van der Waals surface area contributed by atoms with E-state index in [0.717, 1.165) is 87.4 Å². The van der Waals surface area contributed by atoms with Crippen LogP contribution in [0.15, 0.2) is 65.6 Å². The number of benzene rings is 2. The molecule has 4 heterocycles. The summed E-state index contributed by atoms with van der Waals surface area (Å²) in [7, 11) is -0.375. The SMILES string of the molecule is CCc1ccnc(N2CCOC3(CCN(CCc4cccc(CCOCCC(=O)N(C)CCNC[C@H](O[Si](C)(C)C(C)(C)C)c5ccc(O)c6[nH]c(=O)ccc56)c4)CC3)C2)n1. The number of morpholine rings is 1. The van der Waals surface area contributed by atoms with Crippen LogP contribution in [0.4, 0.5) is 5.95 Å². The van der Waals surface area contributed by atoms with Gasteiger partial charge in [-0.05, 0) is 85.1 Å². The Bertz CT molecular complexity index is 2120. The minimum Gasteiger partial charge on any atom is -0.506 e. The number of carbonyl (C=O) groups is 1. The maximum Gasteiger partial charge on any atom is 0.248 e. The number of carbonyl (C=O) groups excluding carboxylic acids is 1. The van der Waals surface area contributed by atoms with Gasteiger partial charge >= 0.3 is 0 Å². The molecule has 0 aliphatic carbocycles. The first-order valence-electron chi connectivity index (χ1n) is 22.2. The van der Waals surface area contributed by atoms with Gasteiger partial charge in [-0.2, -0.15) is 0 Å². The Balaban J connectivity index is 0.885. The van der Waals surface area contributed by atoms with Gasteiger partial charge in [0, 0.05) is 76.2 Å². The molecule has 1 atom stereocenters. The van der Waals surface area contributed by atoms with Crippen molar-refractivity contribution in [3.8, 4) is 5.75 Å². The lowest BCUT2D eigenvalue weighted by molar-refractivity contribution is -0.131. The monoisotopic (exact) mass is 856 g/mol. The van der Waals surface area contributed by atoms with Crippen molar-refractivity contribution in [2.75, 3.05) is 84.1 Å². The standard InChI is InChI=1S/C47H69N7O6Si/c1-8-37-16-22-49-45(50-37)54-28-31-59-47(34-54)20-25-53(26-21-47)24-17-35-10-9-11-36(32-35)18-29-58-30-19-43(57)52(5)27-23-48-33-41(60-61(6,7)46(2,3)4)38-12-14-40(55)44-39(38)13-15-42(56)51-44/h9-16,22,32,41,48,55H,8,17-21,23-31,33-34H2,1-7H3,(H,51,56)/t41-/m0/s1. The highest BCUT2D eigenvalue weighted by molar-refractivity contribution is 6.74. The number of H-pyrrole nitrogens is 1. The van der Waals surface area contributed by atoms with E-state index in [1.54, 1.807) is 17.0 Å². The maximum absolute atomic E-state index is 13.0. The van der Waals surface area contributed by atoms with Crippen LogP contribution in [0.25, 0.3) is 10.9 Å². The number of anilines is 1. The molecule has 0 saturated carbocycles. The number of fused-ring (bicyclic) bond motifs is 1. The van der Waals surface area contributed by atoms with Crippen molar-refractivity contribution >= 4 is 31.1 Å². The summed E-state index contributed by atoms with van der Waals surface area (Å²) in [5, 5.41) is 14.7. The first kappa shape index (κ1) is 46.3. The minimum atomic E-state index is -2.20. The summed E-state index contributed by atoms with van der Waals surface area (Å²) >= 11 is 0. The fourth-order valence-electron chi connectivity index (χ4n) is 8.00. The topological polar surface area (TPSA) is 145 Å². The molecule has 0 bridgehead atoms. The summed E-state index contributed by atoms with van der Waals surface area (Å²) in [4.78, 5) is 43.8. The van der Waals surface area contributed by atoms with E-state index in [9.17, 15) is 14.7 Å². The van der Waals surface area contributed by atoms with E-state index < -0.39 is 8.32 Å². The lowest BCUT2D eigenvalue weighted by atomic mass is 9.89. The number of phenolic OH excluding ortho intramolecular Hbond substituents is 1. The van der Waals surface area contributed by atoms with E-state index in [2.05, 4.69) is 90.1 Å². The van der Waals surface area contributed by atoms with Crippen LogP contribution in [0, 0.1) is 0 Å². The second-order valence-corrected chi connectivity index (χ2v) is 23.1. The molecule has 6 rings (SSSR count). The Hall–Kier alpha value is -4.18. The van der Waals surface area contributed by atoms with E-state index in [0.29, 0.717) is 51.4 Å². The summed E-state index contributed by atoms with van der Waals surface area (Å²) in [6.07, 6.45) is 6.63. The summed E-state index contributed by atoms with van der Waals surface area (Å²) in [6.45, 7) is 21.2. The molecular formula is C47H69N7O6Si. The molecule has 2 fully saturated rings. The molecule has 13 nitrogen and oxygen atoms in total. The van der Waals surface area contributed by atoms with E-state index >= 15 is 0 Å². The minimum absolute atomic E-state index is 0.0160. The van der Waals surface area contributed by atoms with Gasteiger partial charge in [0.05, 0.1) is 50.0 Å². The average molecular weight is 856 g/mol. The van der Waals surface area contributed by atoms with Crippen LogP contribution in [0.3, 0.4) is 0 Å². The van der Waals surface area contributed by atoms with Crippen LogP contribution in [-0.4, -0.2) is 129 Å². The van der Waals surface area contributed by atoms with Crippen molar-refractivity contribution in [2.24, 2.45) is 0 Å². The number of likely N-dealkylation sites (tertiary alicyclic amines) is 1. The zero-order chi connectivity index (χ0) is 43.6. The fourth-order valence-corrected chi connectivity index (χ4v) is 9.27. The molecular weight excluding hydrogens is 787 g/mol. The number of aromatic amines is 1. The molecule has 2 aromatic carbocycles. The van der Waals surface area contributed by atoms with Gasteiger partial charge in [-0.25, -0.2) is 9.97 Å². The third-order valence-corrected chi connectivity index (χ3v) is 17.4. The first-order chi connectivity index (χ1) is 29.1. The number of aromatic nitrogens is 3. The molecule has 2 saturated heterocycles. The number of nitrogens with zero attached hydrogens (tertiary/aromatic N) is 5. The lowest BCUT2D eigenvalue weighted by Crippen LogP contribution is -2.57. The lowest BCUT2D eigenvalue weighted by Gasteiger charge is -2.47. The van der Waals surface area contributed by atoms with Crippen LogP contribution in [0.5, 0.6) is 5.75 Å². The maximum atomic E-state index is 13.0. The van der Waals surface area contributed by atoms with E-state index in [4.69, 9.17) is 18.9 Å². The average Bonchev–Trinajstić information content (AvgIpc) is 3.24. The summed E-state index contributed by atoms with van der Waals surface area (Å²) < 4.78 is 19.3. The molecule has 2 aliphatic heterocycles. The van der Waals surface area contributed by atoms with Gasteiger partial charge in [0.2, 0.25) is 17.4 Å². The van der Waals surface area contributed by atoms with Gasteiger partial charge in [0.15, 0.2) is 8.32 Å². The van der Waals surface area contributed by atoms with Crippen molar-refractivity contribution < 1.29 is 23.8 Å². The molecule has 1 spiro atoms. The van der Waals surface area contributed by atoms with Crippen molar-refractivity contribution in [3.05, 3.63) is 93.5 Å². The number of aromatic hydroxyl groups is 1. The fraction of sp³-hybridized carbons (Fsp3) is 0.574. The third-order valence-electron chi connectivity index (χ3n) is 12.9. The number of hydrogen-bond acceptors (Lipinski definition) is 11. The van der Waals surface area contributed by atoms with Crippen LogP contribution in [0.1, 0.15) is 75.4 Å². The molecule has 4 aromatic rings. The molecule has 0 unspecified atom stereocenters. The normalized spacial score (nSPS) is 16.6. The second kappa shape index (κ2) is 20.8. The number of piperidine rings is 1. The molecule has 3 N–H and O–H groups in total. The van der Waals surface area contributed by atoms with Gasteiger partial charge in [-0.15, -0.1) is 0 Å². The molecule has 0 radical (unpaired) electrons. The van der Waals surface area contributed by atoms with Crippen molar-refractivity contribution in [1.29, 1.82) is 0 Å². The van der Waals surface area contributed by atoms with Crippen LogP contribution < -0.4 is 15.8 Å². The summed E-state index contributed by atoms with van der Waals surface area (Å²) in [6, 6.07) is 17.5. The largest absolute Gasteiger partial charge is 0.506 e. The molecule has 332 valence electrons. The molecule has 1 amide bonds. The predicted octanol–water partition coefficient (Wildman–Crippen LogP) is 6.26. The van der Waals surface area contributed by atoms with Gasteiger partial charge in [0.1, 0.15) is 5.75 Å². The van der Waals surface area contributed by atoms with E-state index in [1.807, 2.05) is 25.4 Å². The Kier molecular flexibility index (Phi) is 15.8. The Morgan fingerprint density at radius 3 is 2.59 bits per heavy atom. The quantitative estimate of drug-likeness (QED) is 0.0727. The molecule has 2 aliphatic rings. The van der Waals surface area contributed by atoms with Crippen molar-refractivity contribution in [1.82, 2.24) is 30.1 Å². The predicted molar refractivity (Wildman–Crippen MR) is 245 cm³/mol. The number of nitrogens with one attached hydrogen (secondary N) is 2. The number of amides is 1. The number of phenols is 1. The number of pyridine rings is 1. The van der Waals surface area contributed by atoms with Gasteiger partial charge in [-0.1, -0.05) is 58.0 Å². The molecule has 14 heteroatoms. The summed E-state index contributed by atoms with van der Waals surface area (Å²) in [5.74, 6) is 0.892. The van der Waals surface area contributed by atoms with Gasteiger partial charge in [0.25, 0.3) is 0 Å². The first-order valence-corrected chi connectivity index (χ1v) is 25.1. The van der Waals surface area contributed by atoms with Gasteiger partial charge in [-0.3, -0.25) is 9.59 Å². The van der Waals surface area contributed by atoms with Crippen LogP contribution in [0.2, 0.25) is 18.1 Å². The molecule has 61 heavy (non-hydrogen) atoms. The number of likely N-dealkylation sites (N-methyl/N-ethyl adjacent to an activating group) is 1. The number of aryl methyl sites for hydroxylation is 1.